The Balaban J connectivity index is 2.55. The van der Waals surface area contributed by atoms with Gasteiger partial charge in [0.05, 0.1) is 12.7 Å². The Bertz CT molecular complexity index is 599. The molecule has 0 atom stereocenters. The summed E-state index contributed by atoms with van der Waals surface area (Å²) in [7, 11) is 1.37. The topological polar surface area (TPSA) is 59.4 Å². The highest BCUT2D eigenvalue weighted by Gasteiger charge is 2.13. The van der Waals surface area contributed by atoms with Gasteiger partial charge in [-0.3, -0.25) is 4.98 Å². The van der Waals surface area contributed by atoms with Gasteiger partial charge in [0, 0.05) is 12.4 Å². The normalized spacial score (nSPS) is 10.1. The van der Waals surface area contributed by atoms with Crippen molar-refractivity contribution in [3.8, 4) is 16.9 Å². The first-order chi connectivity index (χ1) is 8.63. The van der Waals surface area contributed by atoms with Gasteiger partial charge >= 0.3 is 5.97 Å². The minimum atomic E-state index is -1.10. The number of rotatable bonds is 3. The van der Waals surface area contributed by atoms with Gasteiger partial charge in [-0.1, -0.05) is 6.07 Å². The van der Waals surface area contributed by atoms with Gasteiger partial charge in [0.2, 0.25) is 0 Å². The van der Waals surface area contributed by atoms with E-state index in [4.69, 9.17) is 9.84 Å². The van der Waals surface area contributed by atoms with Crippen LogP contribution in [-0.4, -0.2) is 23.2 Å². The van der Waals surface area contributed by atoms with E-state index in [1.807, 2.05) is 0 Å². The number of pyridine rings is 1. The van der Waals surface area contributed by atoms with Crippen LogP contribution in [0, 0.1) is 5.82 Å². The monoisotopic (exact) mass is 247 g/mol. The van der Waals surface area contributed by atoms with Crippen LogP contribution in [0.25, 0.3) is 11.1 Å². The lowest BCUT2D eigenvalue weighted by molar-refractivity contribution is 0.0697. The maximum Gasteiger partial charge on any atom is 0.337 e. The van der Waals surface area contributed by atoms with Gasteiger partial charge < -0.3 is 9.84 Å². The number of aromatic carboxylic acids is 1. The Labute approximate surface area is 103 Å². The van der Waals surface area contributed by atoms with Crippen molar-refractivity contribution in [3.63, 3.8) is 0 Å². The standard InChI is InChI=1S/C13H10FNO3/c1-18-12-3-2-8(6-11(12)14)9-4-5-15-7-10(9)13(16)17/h2-7H,1H3,(H,16,17). The van der Waals surface area contributed by atoms with Crippen LogP contribution < -0.4 is 4.74 Å². The molecule has 18 heavy (non-hydrogen) atoms. The van der Waals surface area contributed by atoms with E-state index in [0.29, 0.717) is 11.1 Å². The first-order valence-corrected chi connectivity index (χ1v) is 5.14. The number of hydrogen-bond donors (Lipinski definition) is 1. The zero-order valence-corrected chi connectivity index (χ0v) is 9.55. The van der Waals surface area contributed by atoms with Crippen molar-refractivity contribution in [2.24, 2.45) is 0 Å². The largest absolute Gasteiger partial charge is 0.494 e. The molecule has 0 radical (unpaired) electrons. The maximum atomic E-state index is 13.6. The molecule has 0 aliphatic carbocycles. The molecule has 2 rings (SSSR count). The van der Waals surface area contributed by atoms with Crippen LogP contribution in [0.1, 0.15) is 10.4 Å². The summed E-state index contributed by atoms with van der Waals surface area (Å²) < 4.78 is 18.4. The number of benzene rings is 1. The average molecular weight is 247 g/mol. The number of carbonyl (C=O) groups is 1. The molecular formula is C13H10FNO3. The average Bonchev–Trinajstić information content (AvgIpc) is 2.38. The molecule has 0 saturated heterocycles. The molecule has 5 heteroatoms. The lowest BCUT2D eigenvalue weighted by Gasteiger charge is -2.07. The van der Waals surface area contributed by atoms with Crippen molar-refractivity contribution in [1.82, 2.24) is 4.98 Å². The molecule has 0 saturated carbocycles. The predicted octanol–water partition coefficient (Wildman–Crippen LogP) is 2.59. The van der Waals surface area contributed by atoms with Crippen molar-refractivity contribution < 1.29 is 19.0 Å². The molecule has 1 heterocycles. The molecule has 0 aliphatic rings. The third kappa shape index (κ3) is 2.15. The van der Waals surface area contributed by atoms with Crippen molar-refractivity contribution in [1.29, 1.82) is 0 Å². The summed E-state index contributed by atoms with van der Waals surface area (Å²) in [5.74, 6) is -1.53. The second-order valence-corrected chi connectivity index (χ2v) is 3.58. The van der Waals surface area contributed by atoms with Crippen molar-refractivity contribution in [3.05, 3.63) is 48.0 Å². The number of hydrogen-bond acceptors (Lipinski definition) is 3. The number of nitrogens with zero attached hydrogens (tertiary/aromatic N) is 1. The molecule has 1 aromatic carbocycles. The number of carboxylic acid groups (broad SMARTS) is 1. The Morgan fingerprint density at radius 2 is 2.17 bits per heavy atom. The van der Waals surface area contributed by atoms with Gasteiger partial charge in [-0.2, -0.15) is 0 Å². The molecule has 0 unspecified atom stereocenters. The fraction of sp³-hybridized carbons (Fsp3) is 0.0769. The zero-order chi connectivity index (χ0) is 13.1. The van der Waals surface area contributed by atoms with Crippen LogP contribution in [0.3, 0.4) is 0 Å². The zero-order valence-electron chi connectivity index (χ0n) is 9.55. The van der Waals surface area contributed by atoms with Crippen molar-refractivity contribution >= 4 is 5.97 Å². The summed E-state index contributed by atoms with van der Waals surface area (Å²) in [6.07, 6.45) is 2.70. The highest BCUT2D eigenvalue weighted by molar-refractivity contribution is 5.95. The van der Waals surface area contributed by atoms with Gasteiger partial charge in [-0.05, 0) is 29.3 Å². The number of halogens is 1. The van der Waals surface area contributed by atoms with E-state index in [-0.39, 0.29) is 11.3 Å². The molecular weight excluding hydrogens is 237 g/mol. The van der Waals surface area contributed by atoms with Crippen LogP contribution in [0.15, 0.2) is 36.7 Å². The first-order valence-electron chi connectivity index (χ1n) is 5.14. The summed E-state index contributed by atoms with van der Waals surface area (Å²) in [6.45, 7) is 0. The minimum absolute atomic E-state index is 0.0297. The third-order valence-corrected chi connectivity index (χ3v) is 2.51. The summed E-state index contributed by atoms with van der Waals surface area (Å²) >= 11 is 0. The van der Waals surface area contributed by atoms with E-state index in [1.54, 1.807) is 6.07 Å². The molecule has 0 bridgehead atoms. The van der Waals surface area contributed by atoms with Gasteiger partial charge in [0.15, 0.2) is 11.6 Å². The smallest absolute Gasteiger partial charge is 0.337 e. The van der Waals surface area contributed by atoms with Gasteiger partial charge in [-0.15, -0.1) is 0 Å². The van der Waals surface area contributed by atoms with Crippen LogP contribution in [0.2, 0.25) is 0 Å². The number of ether oxygens (including phenoxy) is 1. The molecule has 4 nitrogen and oxygen atoms in total. The van der Waals surface area contributed by atoms with E-state index >= 15 is 0 Å². The van der Waals surface area contributed by atoms with E-state index in [9.17, 15) is 9.18 Å². The van der Waals surface area contributed by atoms with Crippen LogP contribution >= 0.6 is 0 Å². The summed E-state index contributed by atoms with van der Waals surface area (Å²) in [5, 5.41) is 9.04. The van der Waals surface area contributed by atoms with Crippen molar-refractivity contribution in [2.45, 2.75) is 0 Å². The van der Waals surface area contributed by atoms with Gasteiger partial charge in [0.1, 0.15) is 0 Å². The Hall–Kier alpha value is -2.43. The van der Waals surface area contributed by atoms with Gasteiger partial charge in [-0.25, -0.2) is 9.18 Å². The van der Waals surface area contributed by atoms with E-state index in [2.05, 4.69) is 4.98 Å². The highest BCUT2D eigenvalue weighted by Crippen LogP contribution is 2.27. The second kappa shape index (κ2) is 4.83. The maximum absolute atomic E-state index is 13.6. The minimum Gasteiger partial charge on any atom is -0.494 e. The highest BCUT2D eigenvalue weighted by atomic mass is 19.1. The summed E-state index contributed by atoms with van der Waals surface area (Å²) in [4.78, 5) is 14.8. The van der Waals surface area contributed by atoms with Gasteiger partial charge in [0.25, 0.3) is 0 Å². The quantitative estimate of drug-likeness (QED) is 0.905. The molecule has 1 N–H and O–H groups in total. The molecule has 1 aromatic heterocycles. The number of methoxy groups -OCH3 is 1. The Kier molecular flexibility index (Phi) is 3.23. The second-order valence-electron chi connectivity index (χ2n) is 3.58. The van der Waals surface area contributed by atoms with Crippen LogP contribution in [-0.2, 0) is 0 Å². The van der Waals surface area contributed by atoms with E-state index in [1.165, 1.54) is 37.7 Å². The molecule has 0 fully saturated rings. The third-order valence-electron chi connectivity index (χ3n) is 2.51. The molecule has 2 aromatic rings. The fourth-order valence-electron chi connectivity index (χ4n) is 1.65. The lowest BCUT2D eigenvalue weighted by atomic mass is 10.0. The number of aromatic nitrogens is 1. The Morgan fingerprint density at radius 1 is 1.39 bits per heavy atom. The predicted molar refractivity (Wildman–Crippen MR) is 63.1 cm³/mol. The van der Waals surface area contributed by atoms with Crippen molar-refractivity contribution in [2.75, 3.05) is 7.11 Å². The molecule has 0 spiro atoms. The van der Waals surface area contributed by atoms with E-state index < -0.39 is 11.8 Å². The van der Waals surface area contributed by atoms with Crippen LogP contribution in [0.4, 0.5) is 4.39 Å². The molecule has 0 aliphatic heterocycles. The van der Waals surface area contributed by atoms with Crippen LogP contribution in [0.5, 0.6) is 5.75 Å². The molecule has 92 valence electrons. The lowest BCUT2D eigenvalue weighted by Crippen LogP contribution is -2.00. The Morgan fingerprint density at radius 3 is 2.78 bits per heavy atom. The summed E-state index contributed by atoms with van der Waals surface area (Å²) in [5.41, 5.74) is 0.911. The van der Waals surface area contributed by atoms with E-state index in [0.717, 1.165) is 0 Å². The first kappa shape index (κ1) is 12.0. The fourth-order valence-corrected chi connectivity index (χ4v) is 1.65. The summed E-state index contributed by atoms with van der Waals surface area (Å²) in [6, 6.07) is 5.83. The molecule has 0 amide bonds. The SMILES string of the molecule is COc1ccc(-c2ccncc2C(=O)O)cc1F. The number of carboxylic acids is 1.